The summed E-state index contributed by atoms with van der Waals surface area (Å²) in [5.74, 6) is 0. The van der Waals surface area contributed by atoms with Gasteiger partial charge in [0.1, 0.15) is 0 Å². The second kappa shape index (κ2) is 6.28. The SMILES string of the molecule is CCCNC1CC2CCC(C1)N2Cc1ccccc1C. The third-order valence-corrected chi connectivity index (χ3v) is 5.18. The number of nitrogens with zero attached hydrogens (tertiary/aromatic N) is 1. The highest BCUT2D eigenvalue weighted by Crippen LogP contribution is 2.37. The van der Waals surface area contributed by atoms with Crippen molar-refractivity contribution in [2.24, 2.45) is 0 Å². The molecule has 2 aliphatic rings. The number of fused-ring (bicyclic) bond motifs is 2. The lowest BCUT2D eigenvalue weighted by atomic mass is 9.96. The number of aryl methyl sites for hydroxylation is 1. The lowest BCUT2D eigenvalue weighted by molar-refractivity contribution is 0.109. The van der Waals surface area contributed by atoms with E-state index in [2.05, 4.69) is 48.3 Å². The molecular formula is C18H28N2. The normalized spacial score (nSPS) is 29.8. The summed E-state index contributed by atoms with van der Waals surface area (Å²) in [7, 11) is 0. The van der Waals surface area contributed by atoms with Crippen molar-refractivity contribution in [2.75, 3.05) is 6.54 Å². The van der Waals surface area contributed by atoms with Gasteiger partial charge >= 0.3 is 0 Å². The summed E-state index contributed by atoms with van der Waals surface area (Å²) in [6, 6.07) is 11.3. The highest BCUT2D eigenvalue weighted by atomic mass is 15.2. The lowest BCUT2D eigenvalue weighted by Crippen LogP contribution is -2.48. The van der Waals surface area contributed by atoms with E-state index in [0.29, 0.717) is 0 Å². The van der Waals surface area contributed by atoms with E-state index < -0.39 is 0 Å². The van der Waals surface area contributed by atoms with Gasteiger partial charge in [0.05, 0.1) is 0 Å². The molecule has 2 fully saturated rings. The zero-order valence-electron chi connectivity index (χ0n) is 12.9. The maximum atomic E-state index is 3.74. The van der Waals surface area contributed by atoms with Crippen LogP contribution in [0.25, 0.3) is 0 Å². The average Bonchev–Trinajstić information content (AvgIpc) is 2.70. The first-order valence-corrected chi connectivity index (χ1v) is 8.31. The molecule has 2 heteroatoms. The molecule has 2 unspecified atom stereocenters. The summed E-state index contributed by atoms with van der Waals surface area (Å²) in [6.45, 7) is 6.84. The molecule has 110 valence electrons. The van der Waals surface area contributed by atoms with Crippen LogP contribution in [0.5, 0.6) is 0 Å². The maximum Gasteiger partial charge on any atom is 0.0242 e. The van der Waals surface area contributed by atoms with Crippen LogP contribution in [-0.2, 0) is 6.54 Å². The van der Waals surface area contributed by atoms with Crippen molar-refractivity contribution < 1.29 is 0 Å². The fraction of sp³-hybridized carbons (Fsp3) is 0.667. The second-order valence-electron chi connectivity index (χ2n) is 6.61. The molecule has 1 aromatic rings. The Bertz CT molecular complexity index is 429. The first-order chi connectivity index (χ1) is 9.78. The Hall–Kier alpha value is -0.860. The summed E-state index contributed by atoms with van der Waals surface area (Å²) >= 11 is 0. The Morgan fingerprint density at radius 3 is 2.50 bits per heavy atom. The van der Waals surface area contributed by atoms with E-state index in [1.54, 1.807) is 0 Å². The van der Waals surface area contributed by atoms with Crippen LogP contribution < -0.4 is 5.32 Å². The first-order valence-electron chi connectivity index (χ1n) is 8.31. The molecule has 0 spiro atoms. The quantitative estimate of drug-likeness (QED) is 0.882. The molecule has 2 heterocycles. The summed E-state index contributed by atoms with van der Waals surface area (Å²) in [5, 5.41) is 3.74. The third kappa shape index (κ3) is 2.91. The van der Waals surface area contributed by atoms with Gasteiger partial charge in [-0.05, 0) is 56.7 Å². The predicted molar refractivity (Wildman–Crippen MR) is 84.8 cm³/mol. The van der Waals surface area contributed by atoms with Gasteiger partial charge in [-0.15, -0.1) is 0 Å². The van der Waals surface area contributed by atoms with Crippen LogP contribution in [0.3, 0.4) is 0 Å². The standard InChI is InChI=1S/C18H28N2/c1-3-10-19-16-11-17-8-9-18(12-16)20(17)13-15-7-5-4-6-14(15)2/h4-7,16-19H,3,8-13H2,1-2H3. The minimum Gasteiger partial charge on any atom is -0.314 e. The van der Waals surface area contributed by atoms with Gasteiger partial charge in [-0.1, -0.05) is 31.2 Å². The van der Waals surface area contributed by atoms with E-state index in [9.17, 15) is 0 Å². The summed E-state index contributed by atoms with van der Waals surface area (Å²) < 4.78 is 0. The largest absolute Gasteiger partial charge is 0.314 e. The Labute approximate surface area is 123 Å². The van der Waals surface area contributed by atoms with Crippen molar-refractivity contribution in [1.29, 1.82) is 0 Å². The van der Waals surface area contributed by atoms with E-state index in [0.717, 1.165) is 24.7 Å². The molecule has 20 heavy (non-hydrogen) atoms. The summed E-state index contributed by atoms with van der Waals surface area (Å²) in [6.07, 6.45) is 6.76. The van der Waals surface area contributed by atoms with Crippen LogP contribution in [0, 0.1) is 6.92 Å². The van der Waals surface area contributed by atoms with E-state index in [1.807, 2.05) is 0 Å². The average molecular weight is 272 g/mol. The smallest absolute Gasteiger partial charge is 0.0242 e. The van der Waals surface area contributed by atoms with E-state index in [-0.39, 0.29) is 0 Å². The minimum atomic E-state index is 0.764. The van der Waals surface area contributed by atoms with Gasteiger partial charge < -0.3 is 5.32 Å². The number of piperidine rings is 1. The van der Waals surface area contributed by atoms with Crippen LogP contribution in [-0.4, -0.2) is 29.6 Å². The van der Waals surface area contributed by atoms with Gasteiger partial charge in [-0.25, -0.2) is 0 Å². The molecule has 1 aromatic carbocycles. The monoisotopic (exact) mass is 272 g/mol. The zero-order chi connectivity index (χ0) is 13.9. The van der Waals surface area contributed by atoms with Gasteiger partial charge in [0.2, 0.25) is 0 Å². The van der Waals surface area contributed by atoms with Crippen LogP contribution in [0.1, 0.15) is 50.2 Å². The highest BCUT2D eigenvalue weighted by Gasteiger charge is 2.40. The molecule has 2 saturated heterocycles. The third-order valence-electron chi connectivity index (χ3n) is 5.18. The molecular weight excluding hydrogens is 244 g/mol. The van der Waals surface area contributed by atoms with Crippen LogP contribution in [0.2, 0.25) is 0 Å². The molecule has 2 atom stereocenters. The fourth-order valence-corrected chi connectivity index (χ4v) is 4.03. The Balaban J connectivity index is 1.64. The number of hydrogen-bond donors (Lipinski definition) is 1. The van der Waals surface area contributed by atoms with E-state index in [4.69, 9.17) is 0 Å². The predicted octanol–water partition coefficient (Wildman–Crippen LogP) is 3.49. The number of benzene rings is 1. The zero-order valence-corrected chi connectivity index (χ0v) is 12.9. The van der Waals surface area contributed by atoms with Crippen molar-refractivity contribution in [1.82, 2.24) is 10.2 Å². The molecule has 1 N–H and O–H groups in total. The van der Waals surface area contributed by atoms with Gasteiger partial charge in [0.15, 0.2) is 0 Å². The molecule has 2 bridgehead atoms. The molecule has 3 rings (SSSR count). The summed E-state index contributed by atoms with van der Waals surface area (Å²) in [4.78, 5) is 2.78. The van der Waals surface area contributed by atoms with Crippen molar-refractivity contribution >= 4 is 0 Å². The van der Waals surface area contributed by atoms with E-state index in [1.165, 1.54) is 49.8 Å². The van der Waals surface area contributed by atoms with Crippen molar-refractivity contribution in [2.45, 2.75) is 70.6 Å². The fourth-order valence-electron chi connectivity index (χ4n) is 4.03. The highest BCUT2D eigenvalue weighted by molar-refractivity contribution is 5.26. The number of nitrogens with one attached hydrogen (secondary N) is 1. The molecule has 0 saturated carbocycles. The maximum absolute atomic E-state index is 3.74. The molecule has 0 amide bonds. The van der Waals surface area contributed by atoms with Crippen LogP contribution in [0.15, 0.2) is 24.3 Å². The number of hydrogen-bond acceptors (Lipinski definition) is 2. The van der Waals surface area contributed by atoms with Gasteiger partial charge in [0.25, 0.3) is 0 Å². The molecule has 0 radical (unpaired) electrons. The minimum absolute atomic E-state index is 0.764. The first kappa shape index (κ1) is 14.1. The Kier molecular flexibility index (Phi) is 4.42. The van der Waals surface area contributed by atoms with Crippen LogP contribution in [0.4, 0.5) is 0 Å². The lowest BCUT2D eigenvalue weighted by Gasteiger charge is -2.39. The van der Waals surface area contributed by atoms with E-state index >= 15 is 0 Å². The molecule has 0 aliphatic carbocycles. The van der Waals surface area contributed by atoms with Crippen LogP contribution >= 0.6 is 0 Å². The number of rotatable bonds is 5. The van der Waals surface area contributed by atoms with Gasteiger partial charge in [-0.2, -0.15) is 0 Å². The Morgan fingerprint density at radius 1 is 1.15 bits per heavy atom. The molecule has 2 aliphatic heterocycles. The summed E-state index contributed by atoms with van der Waals surface area (Å²) in [5.41, 5.74) is 2.96. The molecule has 2 nitrogen and oxygen atoms in total. The topological polar surface area (TPSA) is 15.3 Å². The Morgan fingerprint density at radius 2 is 1.85 bits per heavy atom. The van der Waals surface area contributed by atoms with Crippen molar-refractivity contribution in [3.05, 3.63) is 35.4 Å². The van der Waals surface area contributed by atoms with Gasteiger partial charge in [-0.3, -0.25) is 4.90 Å². The van der Waals surface area contributed by atoms with Crippen molar-refractivity contribution in [3.8, 4) is 0 Å². The van der Waals surface area contributed by atoms with Gasteiger partial charge in [0, 0.05) is 24.7 Å². The second-order valence-corrected chi connectivity index (χ2v) is 6.61. The molecule has 0 aromatic heterocycles. The van der Waals surface area contributed by atoms with Crippen molar-refractivity contribution in [3.63, 3.8) is 0 Å².